The lowest BCUT2D eigenvalue weighted by molar-refractivity contribution is 0.0955. The molecule has 24 heavy (non-hydrogen) atoms. The van der Waals surface area contributed by atoms with E-state index in [1.807, 2.05) is 0 Å². The maximum absolute atomic E-state index is 11.9. The van der Waals surface area contributed by atoms with Gasteiger partial charge in [0.05, 0.1) is 12.8 Å². The summed E-state index contributed by atoms with van der Waals surface area (Å²) in [6.45, 7) is 1.93. The smallest absolute Gasteiger partial charge is 0.271 e. The molecule has 124 valence electrons. The number of nitrogens with zero attached hydrogens (tertiary/aromatic N) is 4. The van der Waals surface area contributed by atoms with E-state index in [4.69, 9.17) is 8.94 Å². The van der Waals surface area contributed by atoms with Crippen molar-refractivity contribution in [1.29, 1.82) is 0 Å². The highest BCUT2D eigenvalue weighted by molar-refractivity contribution is 5.93. The molecular formula is C15H16N6O3. The predicted molar refractivity (Wildman–Crippen MR) is 81.8 cm³/mol. The van der Waals surface area contributed by atoms with Gasteiger partial charge in [0.2, 0.25) is 11.7 Å². The number of hydrogen-bond donors (Lipinski definition) is 2. The first-order valence-corrected chi connectivity index (χ1v) is 7.61. The fourth-order valence-electron chi connectivity index (χ4n) is 2.81. The summed E-state index contributed by atoms with van der Waals surface area (Å²) in [5, 5.41) is 13.6. The maximum atomic E-state index is 11.9. The third-order valence-electron chi connectivity index (χ3n) is 4.02. The fraction of sp³-hybridized carbons (Fsp3) is 0.333. The second kappa shape index (κ2) is 5.93. The van der Waals surface area contributed by atoms with Crippen LogP contribution in [0.15, 0.2) is 27.3 Å². The molecule has 1 amide bonds. The lowest BCUT2D eigenvalue weighted by Gasteiger charge is -2.25. The molecular weight excluding hydrogens is 312 g/mol. The molecule has 9 nitrogen and oxygen atoms in total. The van der Waals surface area contributed by atoms with Crippen LogP contribution in [0, 0.1) is 0 Å². The number of amides is 1. The van der Waals surface area contributed by atoms with E-state index in [0.717, 1.165) is 24.2 Å². The summed E-state index contributed by atoms with van der Waals surface area (Å²) in [7, 11) is 1.60. The van der Waals surface area contributed by atoms with Crippen LogP contribution >= 0.6 is 0 Å². The summed E-state index contributed by atoms with van der Waals surface area (Å²) in [5.41, 5.74) is 2.37. The van der Waals surface area contributed by atoms with Gasteiger partial charge >= 0.3 is 0 Å². The Morgan fingerprint density at radius 1 is 1.50 bits per heavy atom. The normalized spacial score (nSPS) is 14.5. The Morgan fingerprint density at radius 2 is 2.42 bits per heavy atom. The van der Waals surface area contributed by atoms with Gasteiger partial charge in [-0.2, -0.15) is 10.1 Å². The van der Waals surface area contributed by atoms with Gasteiger partial charge in [-0.3, -0.25) is 14.8 Å². The summed E-state index contributed by atoms with van der Waals surface area (Å²) in [6.07, 6.45) is 2.36. The fourth-order valence-corrected chi connectivity index (χ4v) is 2.81. The highest BCUT2D eigenvalue weighted by Crippen LogP contribution is 2.22. The van der Waals surface area contributed by atoms with E-state index < -0.39 is 0 Å². The van der Waals surface area contributed by atoms with E-state index in [-0.39, 0.29) is 5.91 Å². The van der Waals surface area contributed by atoms with Crippen LogP contribution < -0.4 is 5.32 Å². The van der Waals surface area contributed by atoms with Crippen LogP contribution in [0.25, 0.3) is 11.6 Å². The molecule has 0 saturated heterocycles. The van der Waals surface area contributed by atoms with E-state index in [2.05, 4.69) is 30.6 Å². The summed E-state index contributed by atoms with van der Waals surface area (Å²) in [4.78, 5) is 18.4. The Morgan fingerprint density at radius 3 is 3.21 bits per heavy atom. The van der Waals surface area contributed by atoms with Gasteiger partial charge in [-0.25, -0.2) is 0 Å². The largest absolute Gasteiger partial charge is 0.461 e. The van der Waals surface area contributed by atoms with Crippen LogP contribution in [0.2, 0.25) is 0 Å². The van der Waals surface area contributed by atoms with Crippen molar-refractivity contribution in [2.24, 2.45) is 0 Å². The Hall–Kier alpha value is -2.94. The molecule has 9 heteroatoms. The Balaban J connectivity index is 1.49. The molecule has 3 aromatic rings. The molecule has 0 atom stereocenters. The second-order valence-electron chi connectivity index (χ2n) is 5.56. The number of fused-ring (bicyclic) bond motifs is 1. The van der Waals surface area contributed by atoms with Crippen molar-refractivity contribution in [2.75, 3.05) is 13.6 Å². The third kappa shape index (κ3) is 2.58. The number of H-pyrrole nitrogens is 1. The van der Waals surface area contributed by atoms with Gasteiger partial charge in [0.15, 0.2) is 11.5 Å². The Labute approximate surface area is 137 Å². The van der Waals surface area contributed by atoms with E-state index in [1.54, 1.807) is 25.4 Å². The molecule has 2 N–H and O–H groups in total. The lowest BCUT2D eigenvalue weighted by Crippen LogP contribution is -2.31. The SMILES string of the molecule is CNC(=O)c1n[nH]c2c1CN(Cc1nc(-c3ccco3)no1)CC2. The number of nitrogens with one attached hydrogen (secondary N) is 2. The number of furan rings is 1. The molecule has 4 rings (SSSR count). The number of hydrogen-bond acceptors (Lipinski definition) is 7. The van der Waals surface area contributed by atoms with Gasteiger partial charge in [-0.15, -0.1) is 0 Å². The van der Waals surface area contributed by atoms with Crippen molar-refractivity contribution >= 4 is 5.91 Å². The molecule has 0 unspecified atom stereocenters. The standard InChI is InChI=1S/C15H16N6O3/c1-16-15(22)13-9-7-21(5-4-10(9)18-19-13)8-12-17-14(20-24-12)11-3-2-6-23-11/h2-3,6H,4-5,7-8H2,1H3,(H,16,22)(H,18,19). The highest BCUT2D eigenvalue weighted by Gasteiger charge is 2.26. The first kappa shape index (κ1) is 14.6. The monoisotopic (exact) mass is 328 g/mol. The molecule has 0 radical (unpaired) electrons. The summed E-state index contributed by atoms with van der Waals surface area (Å²) >= 11 is 0. The van der Waals surface area contributed by atoms with Gasteiger partial charge in [-0.05, 0) is 12.1 Å². The van der Waals surface area contributed by atoms with Gasteiger partial charge in [0.25, 0.3) is 5.91 Å². The zero-order valence-corrected chi connectivity index (χ0v) is 13.1. The van der Waals surface area contributed by atoms with Gasteiger partial charge in [0.1, 0.15) is 0 Å². The van der Waals surface area contributed by atoms with Crippen LogP contribution in [0.1, 0.15) is 27.6 Å². The first-order chi connectivity index (χ1) is 11.7. The topological polar surface area (TPSA) is 113 Å². The van der Waals surface area contributed by atoms with Crippen molar-refractivity contribution in [2.45, 2.75) is 19.5 Å². The molecule has 4 heterocycles. The average molecular weight is 328 g/mol. The van der Waals surface area contributed by atoms with Crippen molar-refractivity contribution in [3.8, 4) is 11.6 Å². The molecule has 0 aromatic carbocycles. The zero-order valence-electron chi connectivity index (χ0n) is 13.1. The summed E-state index contributed by atoms with van der Waals surface area (Å²) < 4.78 is 10.6. The number of aromatic amines is 1. The molecule has 1 aliphatic rings. The van der Waals surface area contributed by atoms with Crippen molar-refractivity contribution in [3.05, 3.63) is 41.2 Å². The molecule has 0 bridgehead atoms. The molecule has 1 aliphatic heterocycles. The Bertz CT molecular complexity index is 851. The number of aromatic nitrogens is 4. The first-order valence-electron chi connectivity index (χ1n) is 7.61. The molecule has 3 aromatic heterocycles. The zero-order chi connectivity index (χ0) is 16.5. The molecule has 0 saturated carbocycles. The van der Waals surface area contributed by atoms with Crippen LogP contribution in [-0.4, -0.2) is 44.7 Å². The minimum atomic E-state index is -0.188. The highest BCUT2D eigenvalue weighted by atomic mass is 16.5. The van der Waals surface area contributed by atoms with Crippen molar-refractivity contribution in [1.82, 2.24) is 30.6 Å². The van der Waals surface area contributed by atoms with Crippen LogP contribution in [0.5, 0.6) is 0 Å². The number of carbonyl (C=O) groups is 1. The number of rotatable bonds is 4. The van der Waals surface area contributed by atoms with Crippen LogP contribution in [0.4, 0.5) is 0 Å². The van der Waals surface area contributed by atoms with Gasteiger partial charge in [0, 0.05) is 37.8 Å². The molecule has 0 spiro atoms. The maximum Gasteiger partial charge on any atom is 0.271 e. The average Bonchev–Trinajstić information content (AvgIpc) is 3.33. The van der Waals surface area contributed by atoms with Crippen molar-refractivity contribution in [3.63, 3.8) is 0 Å². The van der Waals surface area contributed by atoms with E-state index in [9.17, 15) is 4.79 Å². The third-order valence-corrected chi connectivity index (χ3v) is 4.02. The van der Waals surface area contributed by atoms with Crippen LogP contribution in [-0.2, 0) is 19.5 Å². The quantitative estimate of drug-likeness (QED) is 0.733. The predicted octanol–water partition coefficient (Wildman–Crippen LogP) is 0.971. The minimum absolute atomic E-state index is 0.188. The van der Waals surface area contributed by atoms with Crippen LogP contribution in [0.3, 0.4) is 0 Å². The van der Waals surface area contributed by atoms with E-state index >= 15 is 0 Å². The molecule has 0 aliphatic carbocycles. The summed E-state index contributed by atoms with van der Waals surface area (Å²) in [6, 6.07) is 3.56. The van der Waals surface area contributed by atoms with E-state index in [1.165, 1.54) is 0 Å². The number of carbonyl (C=O) groups excluding carboxylic acids is 1. The second-order valence-corrected chi connectivity index (χ2v) is 5.56. The van der Waals surface area contributed by atoms with Crippen molar-refractivity contribution < 1.29 is 13.7 Å². The Kier molecular flexibility index (Phi) is 3.62. The summed E-state index contributed by atoms with van der Waals surface area (Å²) in [5.74, 6) is 1.33. The van der Waals surface area contributed by atoms with Gasteiger partial charge < -0.3 is 14.3 Å². The lowest BCUT2D eigenvalue weighted by atomic mass is 10.1. The van der Waals surface area contributed by atoms with E-state index in [0.29, 0.717) is 36.3 Å². The minimum Gasteiger partial charge on any atom is -0.461 e. The van der Waals surface area contributed by atoms with Gasteiger partial charge in [-0.1, -0.05) is 5.16 Å². The molecule has 0 fully saturated rings.